The first-order valence-electron chi connectivity index (χ1n) is 12.0. The first kappa shape index (κ1) is 27.6. The van der Waals surface area contributed by atoms with E-state index in [-0.39, 0.29) is 47.0 Å². The predicted molar refractivity (Wildman–Crippen MR) is 142 cm³/mol. The molecule has 1 aliphatic rings. The number of carbonyl (C=O) groups is 3. The van der Waals surface area contributed by atoms with Gasteiger partial charge in [0, 0.05) is 33.6 Å². The molecule has 39 heavy (non-hydrogen) atoms. The van der Waals surface area contributed by atoms with E-state index in [1.165, 1.54) is 42.5 Å². The lowest BCUT2D eigenvalue weighted by Gasteiger charge is -2.10. The minimum atomic E-state index is -4.13. The number of esters is 2. The lowest BCUT2D eigenvalue weighted by atomic mass is 9.99. The highest BCUT2D eigenvalue weighted by atomic mass is 32.2. The Morgan fingerprint density at radius 3 is 2.51 bits per heavy atom. The van der Waals surface area contributed by atoms with E-state index in [9.17, 15) is 27.2 Å². The summed E-state index contributed by atoms with van der Waals surface area (Å²) in [6.45, 7) is 5.23. The van der Waals surface area contributed by atoms with Crippen LogP contribution in [-0.2, 0) is 35.5 Å². The Morgan fingerprint density at radius 1 is 1.08 bits per heavy atom. The van der Waals surface area contributed by atoms with E-state index in [1.807, 2.05) is 0 Å². The van der Waals surface area contributed by atoms with Crippen LogP contribution >= 0.6 is 0 Å². The Bertz CT molecular complexity index is 1610. The van der Waals surface area contributed by atoms with Crippen molar-refractivity contribution in [2.24, 2.45) is 0 Å². The maximum absolute atomic E-state index is 13.6. The molecule has 0 bridgehead atoms. The van der Waals surface area contributed by atoms with Crippen LogP contribution in [0, 0.1) is 12.7 Å². The normalized spacial score (nSPS) is 13.6. The van der Waals surface area contributed by atoms with E-state index in [2.05, 4.69) is 15.0 Å². The summed E-state index contributed by atoms with van der Waals surface area (Å²) < 4.78 is 52.1. The van der Waals surface area contributed by atoms with Gasteiger partial charge in [-0.25, -0.2) is 17.6 Å². The number of ether oxygens (including phenoxy) is 2. The van der Waals surface area contributed by atoms with Gasteiger partial charge in [0.1, 0.15) is 11.5 Å². The van der Waals surface area contributed by atoms with Gasteiger partial charge in [-0.05, 0) is 63.2 Å². The Hall–Kier alpha value is -4.45. The molecule has 10 nitrogen and oxygen atoms in total. The standard InChI is InChI=1S/C27H26FN3O7S/c1-4-37-24(32)14-21-19(15(3)29-25(21)27(34)38-5-2)13-22-20-12-18(9-10-23(20)30-26(22)33)39(35,36)31-17-8-6-7-16(28)11-17/h6-13,29,31H,4-5,14H2,1-3H3,(H,30,33)/b22-13+. The number of anilines is 2. The maximum atomic E-state index is 13.6. The van der Waals surface area contributed by atoms with Gasteiger partial charge in [0.25, 0.3) is 15.9 Å². The number of benzene rings is 2. The highest BCUT2D eigenvalue weighted by molar-refractivity contribution is 7.92. The number of halogens is 1. The molecule has 4 rings (SSSR count). The number of H-pyrrole nitrogens is 1. The molecule has 0 atom stereocenters. The molecule has 0 unspecified atom stereocenters. The number of aromatic nitrogens is 1. The average Bonchev–Trinajstić information content (AvgIpc) is 3.34. The highest BCUT2D eigenvalue weighted by Gasteiger charge is 2.29. The lowest BCUT2D eigenvalue weighted by molar-refractivity contribution is -0.142. The van der Waals surface area contributed by atoms with Crippen molar-refractivity contribution in [3.63, 3.8) is 0 Å². The van der Waals surface area contributed by atoms with Gasteiger partial charge in [-0.1, -0.05) is 6.07 Å². The Morgan fingerprint density at radius 2 is 1.82 bits per heavy atom. The number of nitrogens with one attached hydrogen (secondary N) is 3. The number of hydrogen-bond acceptors (Lipinski definition) is 7. The molecule has 0 saturated carbocycles. The number of hydrogen-bond donors (Lipinski definition) is 3. The van der Waals surface area contributed by atoms with Crippen molar-refractivity contribution in [2.45, 2.75) is 32.1 Å². The summed E-state index contributed by atoms with van der Waals surface area (Å²) in [4.78, 5) is 40.7. The van der Waals surface area contributed by atoms with Crippen LogP contribution in [0.25, 0.3) is 11.6 Å². The summed E-state index contributed by atoms with van der Waals surface area (Å²) in [6, 6.07) is 9.09. The molecule has 1 aromatic heterocycles. The number of sulfonamides is 1. The summed E-state index contributed by atoms with van der Waals surface area (Å²) in [7, 11) is -4.13. The van der Waals surface area contributed by atoms with E-state index < -0.39 is 33.7 Å². The molecule has 1 amide bonds. The van der Waals surface area contributed by atoms with Crippen LogP contribution in [0.1, 0.15) is 46.7 Å². The summed E-state index contributed by atoms with van der Waals surface area (Å²) in [5.74, 6) is -2.35. The molecule has 0 saturated heterocycles. The van der Waals surface area contributed by atoms with Crippen molar-refractivity contribution in [1.82, 2.24) is 4.98 Å². The SMILES string of the molecule is CCOC(=O)Cc1c(C(=O)OCC)[nH]c(C)c1/C=C1/C(=O)Nc2ccc(S(=O)(=O)Nc3cccc(F)c3)cc21. The minimum absolute atomic E-state index is 0.0403. The van der Waals surface area contributed by atoms with Crippen molar-refractivity contribution in [1.29, 1.82) is 0 Å². The molecule has 12 heteroatoms. The van der Waals surface area contributed by atoms with Crippen LogP contribution in [0.3, 0.4) is 0 Å². The zero-order valence-electron chi connectivity index (χ0n) is 21.4. The molecule has 0 spiro atoms. The van der Waals surface area contributed by atoms with Crippen LogP contribution in [-0.4, -0.2) is 44.5 Å². The van der Waals surface area contributed by atoms with Crippen LogP contribution in [0.4, 0.5) is 15.8 Å². The third-order valence-corrected chi connectivity index (χ3v) is 7.28. The molecular formula is C27H26FN3O7S. The number of fused-ring (bicyclic) bond motifs is 1. The van der Waals surface area contributed by atoms with Crippen molar-refractivity contribution in [3.05, 3.63) is 76.4 Å². The van der Waals surface area contributed by atoms with Gasteiger partial charge >= 0.3 is 11.9 Å². The summed E-state index contributed by atoms with van der Waals surface area (Å²) in [5, 5.41) is 2.69. The number of rotatable bonds is 9. The quantitative estimate of drug-likeness (QED) is 0.267. The Labute approximate surface area is 224 Å². The second-order valence-electron chi connectivity index (χ2n) is 8.55. The largest absolute Gasteiger partial charge is 0.466 e. The van der Waals surface area contributed by atoms with Crippen LogP contribution < -0.4 is 10.0 Å². The Balaban J connectivity index is 1.78. The van der Waals surface area contributed by atoms with Crippen LogP contribution in [0.15, 0.2) is 47.4 Å². The van der Waals surface area contributed by atoms with Gasteiger partial charge in [0.15, 0.2) is 0 Å². The van der Waals surface area contributed by atoms with E-state index in [0.717, 1.165) is 6.07 Å². The van der Waals surface area contributed by atoms with Crippen LogP contribution in [0.2, 0.25) is 0 Å². The van der Waals surface area contributed by atoms with Gasteiger partial charge in [0.05, 0.1) is 30.2 Å². The topological polar surface area (TPSA) is 144 Å². The number of carbonyl (C=O) groups excluding carboxylic acids is 3. The first-order chi connectivity index (χ1) is 18.5. The number of amides is 1. The molecule has 0 fully saturated rings. The molecule has 3 N–H and O–H groups in total. The molecule has 204 valence electrons. The average molecular weight is 556 g/mol. The third kappa shape index (κ3) is 5.85. The third-order valence-electron chi connectivity index (χ3n) is 5.90. The molecule has 0 aliphatic carbocycles. The molecule has 0 radical (unpaired) electrons. The predicted octanol–water partition coefficient (Wildman–Crippen LogP) is 4.04. The smallest absolute Gasteiger partial charge is 0.355 e. The fraction of sp³-hybridized carbons (Fsp3) is 0.222. The summed E-state index contributed by atoms with van der Waals surface area (Å²) in [6.07, 6.45) is 1.23. The van der Waals surface area contributed by atoms with Crippen molar-refractivity contribution in [3.8, 4) is 0 Å². The van der Waals surface area contributed by atoms with Crippen molar-refractivity contribution < 1.29 is 36.7 Å². The van der Waals surface area contributed by atoms with Crippen molar-refractivity contribution in [2.75, 3.05) is 23.3 Å². The fourth-order valence-electron chi connectivity index (χ4n) is 4.19. The van der Waals surface area contributed by atoms with Crippen LogP contribution in [0.5, 0.6) is 0 Å². The van der Waals surface area contributed by atoms with E-state index in [4.69, 9.17) is 9.47 Å². The van der Waals surface area contributed by atoms with Gasteiger partial charge in [-0.2, -0.15) is 0 Å². The lowest BCUT2D eigenvalue weighted by Crippen LogP contribution is -2.13. The van der Waals surface area contributed by atoms with Gasteiger partial charge in [-0.15, -0.1) is 0 Å². The number of aromatic amines is 1. The molecule has 2 aromatic carbocycles. The zero-order valence-corrected chi connectivity index (χ0v) is 22.2. The van der Waals surface area contributed by atoms with E-state index >= 15 is 0 Å². The second-order valence-corrected chi connectivity index (χ2v) is 10.2. The van der Waals surface area contributed by atoms with Crippen molar-refractivity contribution >= 4 is 50.9 Å². The molecule has 2 heterocycles. The second kappa shape index (κ2) is 11.1. The van der Waals surface area contributed by atoms with E-state index in [1.54, 1.807) is 20.8 Å². The summed E-state index contributed by atoms with van der Waals surface area (Å²) in [5.41, 5.74) is 2.06. The highest BCUT2D eigenvalue weighted by Crippen LogP contribution is 2.36. The van der Waals surface area contributed by atoms with Gasteiger partial charge in [0.2, 0.25) is 0 Å². The minimum Gasteiger partial charge on any atom is -0.466 e. The van der Waals surface area contributed by atoms with E-state index in [0.29, 0.717) is 22.5 Å². The zero-order chi connectivity index (χ0) is 28.3. The number of aryl methyl sites for hydroxylation is 1. The first-order valence-corrected chi connectivity index (χ1v) is 13.5. The summed E-state index contributed by atoms with van der Waals surface area (Å²) >= 11 is 0. The fourth-order valence-corrected chi connectivity index (χ4v) is 5.27. The van der Waals surface area contributed by atoms with Gasteiger partial charge < -0.3 is 19.8 Å². The monoisotopic (exact) mass is 555 g/mol. The molecule has 3 aromatic rings. The Kier molecular flexibility index (Phi) is 7.86. The molecular weight excluding hydrogens is 529 g/mol. The van der Waals surface area contributed by atoms with Gasteiger partial charge in [-0.3, -0.25) is 14.3 Å². The molecule has 1 aliphatic heterocycles. The maximum Gasteiger partial charge on any atom is 0.355 e.